The van der Waals surface area contributed by atoms with Crippen LogP contribution < -0.4 is 11.2 Å². The fourth-order valence-corrected chi connectivity index (χ4v) is 5.75. The Kier molecular flexibility index (Phi) is 7.04. The molecule has 6 N–H and O–H groups in total. The number of phosphoric ester groups is 1. The Morgan fingerprint density at radius 2 is 1.89 bits per heavy atom. The Labute approximate surface area is 156 Å². The standard InChI is InChI=1S/C10H17N2O13P3/c1-26(16,24-27(17,18)19)25-28(20,21)22-5-7-6(13)4-9(23-7)12-3-2-8(14)11-10(12)15/h2-3,6-7,9,13,16H,1,4-5H2,(H,20,21)(H,11,14,15)(H2,17,18,19)/t6-,7+,9+,26+/m0/s1. The molecule has 1 aromatic heterocycles. The number of aliphatic hydroxyl groups excluding tert-OH is 1. The minimum atomic E-state index is -5.27. The molecule has 28 heavy (non-hydrogen) atoms. The molecular weight excluding hydrogens is 449 g/mol. The number of hydrogen-bond acceptors (Lipinski definition) is 10. The van der Waals surface area contributed by atoms with E-state index in [2.05, 4.69) is 19.4 Å². The summed E-state index contributed by atoms with van der Waals surface area (Å²) in [5.41, 5.74) is -1.44. The van der Waals surface area contributed by atoms with Gasteiger partial charge in [-0.3, -0.25) is 18.9 Å². The fourth-order valence-electron chi connectivity index (χ4n) is 2.22. The zero-order valence-corrected chi connectivity index (χ0v) is 16.5. The summed E-state index contributed by atoms with van der Waals surface area (Å²) in [6, 6.07) is 1.05. The molecule has 0 bridgehead atoms. The van der Waals surface area contributed by atoms with Crippen LogP contribution in [0.3, 0.4) is 0 Å². The van der Waals surface area contributed by atoms with Crippen LogP contribution in [0.15, 0.2) is 21.9 Å². The summed E-state index contributed by atoms with van der Waals surface area (Å²) in [5.74, 6) is 0. The van der Waals surface area contributed by atoms with Crippen molar-refractivity contribution in [2.75, 3.05) is 6.61 Å². The van der Waals surface area contributed by atoms with Crippen LogP contribution in [-0.2, 0) is 27.0 Å². The quantitative estimate of drug-likeness (QED) is 0.243. The predicted octanol–water partition coefficient (Wildman–Crippen LogP) is -1.39. The van der Waals surface area contributed by atoms with E-state index in [0.29, 0.717) is 0 Å². The van der Waals surface area contributed by atoms with Crippen molar-refractivity contribution in [3.8, 4) is 0 Å². The van der Waals surface area contributed by atoms with Crippen molar-refractivity contribution in [3.05, 3.63) is 33.1 Å². The van der Waals surface area contributed by atoms with Crippen LogP contribution in [0.5, 0.6) is 0 Å². The van der Waals surface area contributed by atoms with Crippen LogP contribution in [0, 0.1) is 0 Å². The second-order valence-corrected chi connectivity index (χ2v) is 10.3. The third-order valence-corrected chi connectivity index (χ3v) is 7.43. The van der Waals surface area contributed by atoms with Gasteiger partial charge in [0.1, 0.15) is 12.3 Å². The second-order valence-electron chi connectivity index (χ2n) is 5.51. The van der Waals surface area contributed by atoms with Crippen molar-refractivity contribution >= 4 is 29.5 Å². The topological polar surface area (TPSA) is 227 Å². The van der Waals surface area contributed by atoms with Gasteiger partial charge >= 0.3 is 21.3 Å². The third kappa shape index (κ3) is 6.85. The van der Waals surface area contributed by atoms with Crippen molar-refractivity contribution in [1.82, 2.24) is 9.55 Å². The molecule has 15 nitrogen and oxygen atoms in total. The Balaban J connectivity index is 1.99. The van der Waals surface area contributed by atoms with E-state index in [-0.39, 0.29) is 6.42 Å². The van der Waals surface area contributed by atoms with E-state index < -0.39 is 59.5 Å². The molecule has 0 spiro atoms. The van der Waals surface area contributed by atoms with Gasteiger partial charge in [-0.05, 0) is 6.30 Å². The number of hydrogen-bond donors (Lipinski definition) is 6. The predicted molar refractivity (Wildman–Crippen MR) is 92.1 cm³/mol. The molecule has 1 saturated heterocycles. The molecule has 1 fully saturated rings. The van der Waals surface area contributed by atoms with Gasteiger partial charge in [-0.15, -0.1) is 0 Å². The maximum Gasteiger partial charge on any atom is 0.478 e. The highest BCUT2D eigenvalue weighted by Crippen LogP contribution is 2.66. The van der Waals surface area contributed by atoms with Crippen molar-refractivity contribution in [2.24, 2.45) is 0 Å². The molecule has 0 amide bonds. The summed E-state index contributed by atoms with van der Waals surface area (Å²) in [5, 5.41) is 9.96. The number of phosphoric acid groups is 2. The van der Waals surface area contributed by atoms with Crippen LogP contribution in [0.1, 0.15) is 12.6 Å². The monoisotopic (exact) mass is 466 g/mol. The Bertz CT molecular complexity index is 966. The number of nitrogens with one attached hydrogen (secondary N) is 1. The number of aliphatic hydroxyl groups is 1. The van der Waals surface area contributed by atoms with Crippen molar-refractivity contribution in [3.63, 3.8) is 0 Å². The van der Waals surface area contributed by atoms with E-state index in [9.17, 15) is 33.6 Å². The summed E-state index contributed by atoms with van der Waals surface area (Å²) >= 11 is 0. The first-order valence-electron chi connectivity index (χ1n) is 7.24. The van der Waals surface area contributed by atoms with Gasteiger partial charge in [0.2, 0.25) is 0 Å². The highest BCUT2D eigenvalue weighted by molar-refractivity contribution is 7.72. The zero-order valence-electron chi connectivity index (χ0n) is 13.8. The second kappa shape index (κ2) is 8.44. The first-order valence-corrected chi connectivity index (χ1v) is 12.0. The molecule has 18 heteroatoms. The Morgan fingerprint density at radius 1 is 1.25 bits per heavy atom. The van der Waals surface area contributed by atoms with Gasteiger partial charge in [0.15, 0.2) is 0 Å². The minimum absolute atomic E-state index is 0.121. The number of ether oxygens (including phenoxy) is 1. The summed E-state index contributed by atoms with van der Waals surface area (Å²) in [6.07, 6.45) is 0.312. The molecule has 0 radical (unpaired) electrons. The number of aromatic nitrogens is 2. The lowest BCUT2D eigenvalue weighted by Gasteiger charge is -2.22. The number of H-pyrrole nitrogens is 1. The highest BCUT2D eigenvalue weighted by Gasteiger charge is 2.39. The average molecular weight is 466 g/mol. The molecule has 0 saturated carbocycles. The smallest absolute Gasteiger partial charge is 0.390 e. The van der Waals surface area contributed by atoms with Crippen molar-refractivity contribution in [1.29, 1.82) is 0 Å². The van der Waals surface area contributed by atoms with Crippen molar-refractivity contribution in [2.45, 2.75) is 24.9 Å². The third-order valence-electron chi connectivity index (χ3n) is 3.23. The van der Waals surface area contributed by atoms with E-state index >= 15 is 0 Å². The van der Waals surface area contributed by atoms with Gasteiger partial charge in [0.05, 0.1) is 12.7 Å². The van der Waals surface area contributed by atoms with Gasteiger partial charge in [-0.25, -0.2) is 22.5 Å². The van der Waals surface area contributed by atoms with Crippen molar-refractivity contribution < 1.29 is 51.7 Å². The van der Waals surface area contributed by atoms with Crippen LogP contribution in [0.2, 0.25) is 0 Å². The van der Waals surface area contributed by atoms with Gasteiger partial charge in [0, 0.05) is 18.7 Å². The molecule has 1 aliphatic rings. The molecule has 1 unspecified atom stereocenters. The zero-order chi connectivity index (χ0) is 21.3. The molecule has 1 aliphatic heterocycles. The molecular formula is C10H17N2O13P3. The first-order chi connectivity index (χ1) is 12.7. The number of rotatable bonds is 8. The summed E-state index contributed by atoms with van der Waals surface area (Å²) in [7, 11) is -15.1. The lowest BCUT2D eigenvalue weighted by atomic mass is 10.2. The maximum atomic E-state index is 11.8. The van der Waals surface area contributed by atoms with Crippen LogP contribution >= 0.6 is 23.2 Å². The normalized spacial score (nSPS) is 27.2. The SMILES string of the molecule is C=[P@@](O)(OP(=O)(O)O)OP(=O)(O)OC[C@H]1O[C@@H](n2ccc(=O)[nH]c2=O)C[C@@H]1O. The van der Waals surface area contributed by atoms with E-state index in [4.69, 9.17) is 14.5 Å². The van der Waals surface area contributed by atoms with E-state index in [1.54, 1.807) is 0 Å². The van der Waals surface area contributed by atoms with Gasteiger partial charge in [-0.1, -0.05) is 0 Å². The summed E-state index contributed by atoms with van der Waals surface area (Å²) in [6.45, 7) is -0.764. The van der Waals surface area contributed by atoms with E-state index in [1.165, 1.54) is 0 Å². The number of aromatic amines is 1. The molecule has 160 valence electrons. The molecule has 0 aromatic carbocycles. The van der Waals surface area contributed by atoms with Gasteiger partial charge < -0.3 is 29.4 Å². The van der Waals surface area contributed by atoms with E-state index in [1.807, 2.05) is 4.98 Å². The fraction of sp³-hybridized carbons (Fsp3) is 0.500. The van der Waals surface area contributed by atoms with Crippen LogP contribution in [0.25, 0.3) is 0 Å². The summed E-state index contributed by atoms with van der Waals surface area (Å²) < 4.78 is 41.2. The lowest BCUT2D eigenvalue weighted by Crippen LogP contribution is -2.31. The molecule has 2 heterocycles. The van der Waals surface area contributed by atoms with Gasteiger partial charge in [-0.2, -0.15) is 0 Å². The Morgan fingerprint density at radius 3 is 2.46 bits per heavy atom. The van der Waals surface area contributed by atoms with Crippen LogP contribution in [-0.4, -0.2) is 59.3 Å². The highest BCUT2D eigenvalue weighted by atomic mass is 31.3. The van der Waals surface area contributed by atoms with Crippen LogP contribution in [0.4, 0.5) is 0 Å². The van der Waals surface area contributed by atoms with Gasteiger partial charge in [0.25, 0.3) is 13.1 Å². The molecule has 5 atom stereocenters. The number of nitrogens with zero attached hydrogens (tertiary/aromatic N) is 1. The van der Waals surface area contributed by atoms with E-state index in [0.717, 1.165) is 16.8 Å². The molecule has 2 rings (SSSR count). The largest absolute Gasteiger partial charge is 0.478 e. The molecule has 0 aliphatic carbocycles. The average Bonchev–Trinajstić information content (AvgIpc) is 2.82. The first kappa shape index (κ1) is 23.4. The lowest BCUT2D eigenvalue weighted by molar-refractivity contribution is -0.0448. The summed E-state index contributed by atoms with van der Waals surface area (Å²) in [4.78, 5) is 61.0. The molecule has 1 aromatic rings. The Hall–Kier alpha value is -0.920. The maximum absolute atomic E-state index is 11.8. The minimum Gasteiger partial charge on any atom is -0.390 e.